The van der Waals surface area contributed by atoms with Crippen LogP contribution < -0.4 is 15.8 Å². The maximum atomic E-state index is 14.5. The van der Waals surface area contributed by atoms with E-state index >= 15 is 0 Å². The number of amidine groups is 1. The third-order valence-corrected chi connectivity index (χ3v) is 4.53. The van der Waals surface area contributed by atoms with E-state index in [-0.39, 0.29) is 23.9 Å². The van der Waals surface area contributed by atoms with Crippen LogP contribution in [-0.2, 0) is 10.3 Å². The summed E-state index contributed by atoms with van der Waals surface area (Å²) in [4.78, 5) is 23.9. The van der Waals surface area contributed by atoms with Gasteiger partial charge in [0.25, 0.3) is 11.9 Å². The van der Waals surface area contributed by atoms with Gasteiger partial charge in [-0.25, -0.2) is 19.4 Å². The number of aromatic nitrogens is 2. The first-order chi connectivity index (χ1) is 14.7. The van der Waals surface area contributed by atoms with Crippen molar-refractivity contribution in [2.24, 2.45) is 10.7 Å². The molecule has 2 heterocycles. The molecule has 0 fully saturated rings. The van der Waals surface area contributed by atoms with Crippen LogP contribution in [0.2, 0.25) is 0 Å². The number of nitrogens with two attached hydrogens (primary N) is 1. The number of benzene rings is 1. The van der Waals surface area contributed by atoms with Crippen molar-refractivity contribution in [3.05, 3.63) is 47.7 Å². The summed E-state index contributed by atoms with van der Waals surface area (Å²) in [7, 11) is 0. The largest absolute Gasteiger partial charge is 0.463 e. The SMILES string of the molecule is C[C@]1(c2cc(NC(=O)c3cnc(OCC#C[11CH3])cn3)ccc2F)N=C(N)OCC1(F)F. The summed E-state index contributed by atoms with van der Waals surface area (Å²) in [6.07, 6.45) is 2.41. The Morgan fingerprint density at radius 2 is 2.13 bits per heavy atom. The molecule has 162 valence electrons. The van der Waals surface area contributed by atoms with E-state index in [0.717, 1.165) is 19.1 Å². The first-order valence-corrected chi connectivity index (χ1v) is 8.98. The first-order valence-electron chi connectivity index (χ1n) is 8.98. The Kier molecular flexibility index (Phi) is 6.01. The first kappa shape index (κ1) is 21.9. The smallest absolute Gasteiger partial charge is 0.310 e. The number of carbonyl (C=O) groups excluding carboxylic acids is 1. The third kappa shape index (κ3) is 4.53. The maximum Gasteiger partial charge on any atom is 0.310 e. The number of rotatable bonds is 5. The highest BCUT2D eigenvalue weighted by atomic mass is 19.3. The number of nitrogens with zero attached hydrogens (tertiary/aromatic N) is 3. The molecule has 1 aliphatic heterocycles. The number of aliphatic imine (C=N–C) groups is 1. The van der Waals surface area contributed by atoms with E-state index in [1.807, 2.05) is 0 Å². The fourth-order valence-corrected chi connectivity index (χ4v) is 2.76. The van der Waals surface area contributed by atoms with Crippen LogP contribution in [0.1, 0.15) is 29.9 Å². The van der Waals surface area contributed by atoms with Gasteiger partial charge in [-0.2, -0.15) is 8.78 Å². The third-order valence-electron chi connectivity index (χ3n) is 4.53. The van der Waals surface area contributed by atoms with Gasteiger partial charge in [-0.1, -0.05) is 5.92 Å². The predicted octanol–water partition coefficient (Wildman–Crippen LogP) is 2.47. The lowest BCUT2D eigenvalue weighted by Crippen LogP contribution is -2.51. The molecule has 31 heavy (non-hydrogen) atoms. The molecule has 1 atom stereocenters. The number of anilines is 1. The van der Waals surface area contributed by atoms with Crippen LogP contribution in [0.25, 0.3) is 0 Å². The Morgan fingerprint density at radius 3 is 2.81 bits per heavy atom. The summed E-state index contributed by atoms with van der Waals surface area (Å²) in [5.41, 5.74) is 2.65. The molecule has 0 unspecified atom stereocenters. The fraction of sp³-hybridized carbons (Fsp3) is 0.300. The molecule has 0 aliphatic carbocycles. The minimum absolute atomic E-state index is 0.0547. The summed E-state index contributed by atoms with van der Waals surface area (Å²) < 4.78 is 53.3. The van der Waals surface area contributed by atoms with Crippen LogP contribution in [0.4, 0.5) is 18.9 Å². The lowest BCUT2D eigenvalue weighted by Gasteiger charge is -2.37. The van der Waals surface area contributed by atoms with Gasteiger partial charge in [-0.15, -0.1) is 5.92 Å². The molecule has 0 spiro atoms. The summed E-state index contributed by atoms with van der Waals surface area (Å²) >= 11 is 0. The average Bonchev–Trinajstić information content (AvgIpc) is 2.73. The molecule has 1 aliphatic rings. The number of hydrogen-bond donors (Lipinski definition) is 2. The molecule has 0 saturated heterocycles. The standard InChI is InChI=1S/C20H18F3N5O3/c1-3-4-7-30-16-10-25-15(9-26-16)17(29)27-12-5-6-14(21)13(8-12)19(2)20(22,23)11-31-18(24)28-19/h5-6,8-10H,7,11H2,1-2H3,(H2,24,28)(H,27,29)/t19-/m1/s1/i1-1. The molecular weight excluding hydrogens is 414 g/mol. The summed E-state index contributed by atoms with van der Waals surface area (Å²) in [6.45, 7) is 1.77. The minimum atomic E-state index is -3.54. The Morgan fingerprint density at radius 1 is 1.35 bits per heavy atom. The van der Waals surface area contributed by atoms with Gasteiger partial charge in [0.05, 0.1) is 12.4 Å². The van der Waals surface area contributed by atoms with Crippen molar-refractivity contribution >= 4 is 17.6 Å². The molecule has 11 heteroatoms. The second-order valence-corrected chi connectivity index (χ2v) is 6.62. The van der Waals surface area contributed by atoms with Crippen LogP contribution >= 0.6 is 0 Å². The molecule has 0 radical (unpaired) electrons. The molecule has 1 amide bonds. The Balaban J connectivity index is 1.83. The van der Waals surface area contributed by atoms with Crippen molar-refractivity contribution in [3.8, 4) is 17.7 Å². The number of nitrogens with one attached hydrogen (secondary N) is 1. The number of hydrogen-bond acceptors (Lipinski definition) is 7. The lowest BCUT2D eigenvalue weighted by atomic mass is 9.85. The van der Waals surface area contributed by atoms with Gasteiger partial charge in [0.2, 0.25) is 5.88 Å². The van der Waals surface area contributed by atoms with Crippen LogP contribution in [0.3, 0.4) is 0 Å². The quantitative estimate of drug-likeness (QED) is 0.702. The zero-order valence-corrected chi connectivity index (χ0v) is 16.6. The highest BCUT2D eigenvalue weighted by molar-refractivity contribution is 6.02. The van der Waals surface area contributed by atoms with Crippen LogP contribution in [-0.4, -0.2) is 41.0 Å². The number of alkyl halides is 2. The minimum Gasteiger partial charge on any atom is -0.463 e. The zero-order valence-electron chi connectivity index (χ0n) is 16.6. The van der Waals surface area contributed by atoms with E-state index in [9.17, 15) is 18.0 Å². The number of amides is 1. The monoisotopic (exact) mass is 432 g/mol. The molecular formula is C20H18F3N5O3. The molecule has 1 aromatic carbocycles. The van der Waals surface area contributed by atoms with E-state index in [0.29, 0.717) is 0 Å². The number of carbonyl (C=O) groups is 1. The molecule has 0 bridgehead atoms. The number of ether oxygens (including phenoxy) is 2. The second-order valence-electron chi connectivity index (χ2n) is 6.62. The van der Waals surface area contributed by atoms with Gasteiger partial charge < -0.3 is 20.5 Å². The van der Waals surface area contributed by atoms with Crippen molar-refractivity contribution in [3.63, 3.8) is 0 Å². The van der Waals surface area contributed by atoms with Crippen molar-refractivity contribution < 1.29 is 27.4 Å². The number of halogens is 3. The van der Waals surface area contributed by atoms with Crippen molar-refractivity contribution in [1.29, 1.82) is 0 Å². The summed E-state index contributed by atoms with van der Waals surface area (Å²) in [5.74, 6) is 0.358. The lowest BCUT2D eigenvalue weighted by molar-refractivity contribution is -0.117. The maximum absolute atomic E-state index is 14.5. The zero-order chi connectivity index (χ0) is 22.6. The van der Waals surface area contributed by atoms with Crippen LogP contribution in [0, 0.1) is 17.7 Å². The molecule has 3 rings (SSSR count). The van der Waals surface area contributed by atoms with E-state index in [2.05, 4.69) is 36.9 Å². The highest BCUT2D eigenvalue weighted by Crippen LogP contribution is 2.44. The van der Waals surface area contributed by atoms with E-state index < -0.39 is 41.4 Å². The van der Waals surface area contributed by atoms with Crippen molar-refractivity contribution in [1.82, 2.24) is 9.97 Å². The summed E-state index contributed by atoms with van der Waals surface area (Å²) in [6, 6.07) is 2.76. The average molecular weight is 432 g/mol. The van der Waals surface area contributed by atoms with Crippen molar-refractivity contribution in [2.75, 3.05) is 18.5 Å². The van der Waals surface area contributed by atoms with Gasteiger partial charge in [0.15, 0.2) is 18.8 Å². The van der Waals surface area contributed by atoms with Gasteiger partial charge in [-0.3, -0.25) is 4.79 Å². The van der Waals surface area contributed by atoms with Crippen LogP contribution in [0.15, 0.2) is 35.6 Å². The van der Waals surface area contributed by atoms with Gasteiger partial charge >= 0.3 is 5.92 Å². The van der Waals surface area contributed by atoms with E-state index in [4.69, 9.17) is 10.5 Å². The Labute approximate surface area is 175 Å². The van der Waals surface area contributed by atoms with E-state index in [1.54, 1.807) is 6.92 Å². The molecule has 8 nitrogen and oxygen atoms in total. The topological polar surface area (TPSA) is 112 Å². The van der Waals surface area contributed by atoms with Gasteiger partial charge in [0.1, 0.15) is 11.5 Å². The second kappa shape index (κ2) is 8.51. The molecule has 2 aromatic rings. The van der Waals surface area contributed by atoms with Crippen molar-refractivity contribution in [2.45, 2.75) is 25.3 Å². The summed E-state index contributed by atoms with van der Waals surface area (Å²) in [5, 5.41) is 2.47. The van der Waals surface area contributed by atoms with Crippen LogP contribution in [0.5, 0.6) is 5.88 Å². The molecule has 3 N–H and O–H groups in total. The molecule has 1 aromatic heterocycles. The Hall–Kier alpha value is -3.81. The Bertz CT molecular complexity index is 1080. The normalized spacial score (nSPS) is 19.3. The predicted molar refractivity (Wildman–Crippen MR) is 105 cm³/mol. The van der Waals surface area contributed by atoms with Gasteiger partial charge in [-0.05, 0) is 32.0 Å². The van der Waals surface area contributed by atoms with Gasteiger partial charge in [0, 0.05) is 11.3 Å². The molecule has 0 saturated carbocycles. The highest BCUT2D eigenvalue weighted by Gasteiger charge is 2.56. The fourth-order valence-electron chi connectivity index (χ4n) is 2.76. The van der Waals surface area contributed by atoms with E-state index in [1.165, 1.54) is 18.5 Å².